The normalized spacial score (nSPS) is 9.58. The van der Waals surface area contributed by atoms with Crippen molar-refractivity contribution >= 4 is 5.69 Å². The molecule has 0 atom stereocenters. The Morgan fingerprint density at radius 3 is 2.08 bits per heavy atom. The van der Waals surface area contributed by atoms with E-state index in [1.165, 1.54) is 0 Å². The van der Waals surface area contributed by atoms with Gasteiger partial charge in [0.15, 0.2) is 23.3 Å². The summed E-state index contributed by atoms with van der Waals surface area (Å²) in [6.07, 6.45) is 0. The molecule has 5 heteroatoms. The number of rotatable bonds is 0. The molecule has 1 aromatic carbocycles. The lowest BCUT2D eigenvalue weighted by atomic mass is 10.3. The summed E-state index contributed by atoms with van der Waals surface area (Å²) in [4.78, 5) is 2.46. The number of hydrogen-bond donors (Lipinski definition) is 0. The van der Waals surface area contributed by atoms with Crippen LogP contribution in [0, 0.1) is 29.8 Å². The summed E-state index contributed by atoms with van der Waals surface area (Å²) in [5.41, 5.74) is -0.869. The van der Waals surface area contributed by atoms with Gasteiger partial charge in [-0.15, -0.1) is 0 Å². The topological polar surface area (TPSA) is 4.36 Å². The lowest BCUT2D eigenvalue weighted by Crippen LogP contribution is -1.94. The highest BCUT2D eigenvalue weighted by Crippen LogP contribution is 2.24. The van der Waals surface area contributed by atoms with Crippen LogP contribution in [-0.4, -0.2) is 0 Å². The largest absolute Gasteiger partial charge is 0.235 e. The molecule has 0 amide bonds. The lowest BCUT2D eigenvalue weighted by molar-refractivity contribution is 0.412. The maximum atomic E-state index is 12.4. The van der Waals surface area contributed by atoms with E-state index >= 15 is 0 Å². The highest BCUT2D eigenvalue weighted by Gasteiger charge is 2.18. The Bertz CT molecular complexity index is 367. The third-order valence-corrected chi connectivity index (χ3v) is 1.20. The van der Waals surface area contributed by atoms with E-state index < -0.39 is 29.0 Å². The first-order valence-electron chi connectivity index (χ1n) is 2.78. The summed E-state index contributed by atoms with van der Waals surface area (Å²) >= 11 is 0. The van der Waals surface area contributed by atoms with E-state index in [2.05, 4.69) is 4.85 Å². The molecular formula is C7HF4N. The van der Waals surface area contributed by atoms with E-state index in [1.54, 1.807) is 0 Å². The van der Waals surface area contributed by atoms with Crippen LogP contribution in [0.2, 0.25) is 0 Å². The van der Waals surface area contributed by atoms with E-state index in [1.807, 2.05) is 0 Å². The van der Waals surface area contributed by atoms with Gasteiger partial charge in [-0.2, -0.15) is 0 Å². The van der Waals surface area contributed by atoms with Crippen LogP contribution in [0.5, 0.6) is 0 Å². The van der Waals surface area contributed by atoms with Crippen LogP contribution < -0.4 is 0 Å². The fraction of sp³-hybridized carbons (Fsp3) is 0. The molecule has 1 aromatic rings. The van der Waals surface area contributed by atoms with Gasteiger partial charge in [-0.3, -0.25) is 0 Å². The van der Waals surface area contributed by atoms with Crippen molar-refractivity contribution in [3.63, 3.8) is 0 Å². The van der Waals surface area contributed by atoms with E-state index in [0.29, 0.717) is 6.07 Å². The molecule has 0 saturated heterocycles. The summed E-state index contributed by atoms with van der Waals surface area (Å²) in [5, 5.41) is 0. The van der Waals surface area contributed by atoms with Crippen LogP contribution in [0.25, 0.3) is 4.85 Å². The van der Waals surface area contributed by atoms with Crippen LogP contribution in [0.15, 0.2) is 6.07 Å². The van der Waals surface area contributed by atoms with Gasteiger partial charge in [0.2, 0.25) is 5.69 Å². The zero-order chi connectivity index (χ0) is 9.30. The zero-order valence-corrected chi connectivity index (χ0v) is 5.54. The summed E-state index contributed by atoms with van der Waals surface area (Å²) in [5.74, 6) is -7.09. The Hall–Kier alpha value is -1.57. The van der Waals surface area contributed by atoms with Crippen molar-refractivity contribution < 1.29 is 17.6 Å². The van der Waals surface area contributed by atoms with Crippen molar-refractivity contribution in [3.8, 4) is 0 Å². The van der Waals surface area contributed by atoms with Crippen LogP contribution in [0.4, 0.5) is 23.2 Å². The minimum Gasteiger partial charge on any atom is -0.235 e. The first-order valence-corrected chi connectivity index (χ1v) is 2.78. The second-order valence-electron chi connectivity index (χ2n) is 1.93. The molecule has 12 heavy (non-hydrogen) atoms. The molecule has 0 spiro atoms. The molecule has 0 aliphatic carbocycles. The predicted molar refractivity (Wildman–Crippen MR) is 32.5 cm³/mol. The second kappa shape index (κ2) is 2.81. The van der Waals surface area contributed by atoms with Gasteiger partial charge in [0.25, 0.3) is 0 Å². The van der Waals surface area contributed by atoms with E-state index in [4.69, 9.17) is 6.57 Å². The molecule has 62 valence electrons. The van der Waals surface area contributed by atoms with Gasteiger partial charge >= 0.3 is 0 Å². The molecule has 0 saturated carbocycles. The maximum absolute atomic E-state index is 12.4. The lowest BCUT2D eigenvalue weighted by Gasteiger charge is -1.97. The molecule has 0 bridgehead atoms. The Labute approximate surface area is 65.1 Å². The number of halogens is 4. The minimum absolute atomic E-state index is 0.306. The summed E-state index contributed by atoms with van der Waals surface area (Å²) in [6, 6.07) is 0.306. The Morgan fingerprint density at radius 1 is 1.00 bits per heavy atom. The Kier molecular flexibility index (Phi) is 2.00. The highest BCUT2D eigenvalue weighted by molar-refractivity contribution is 5.46. The molecule has 0 aromatic heterocycles. The van der Waals surface area contributed by atoms with Gasteiger partial charge < -0.3 is 0 Å². The maximum Gasteiger partial charge on any atom is 0.228 e. The Morgan fingerprint density at radius 2 is 1.58 bits per heavy atom. The molecular weight excluding hydrogens is 174 g/mol. The molecule has 0 radical (unpaired) electrons. The monoisotopic (exact) mass is 175 g/mol. The third kappa shape index (κ3) is 1.11. The van der Waals surface area contributed by atoms with Crippen LogP contribution >= 0.6 is 0 Å². The molecule has 0 N–H and O–H groups in total. The summed E-state index contributed by atoms with van der Waals surface area (Å²) in [7, 11) is 0. The van der Waals surface area contributed by atoms with Crippen molar-refractivity contribution in [3.05, 3.63) is 40.8 Å². The van der Waals surface area contributed by atoms with Crippen molar-refractivity contribution in [2.45, 2.75) is 0 Å². The fourth-order valence-electron chi connectivity index (χ4n) is 0.642. The van der Waals surface area contributed by atoms with E-state index in [0.717, 1.165) is 0 Å². The average molecular weight is 175 g/mol. The van der Waals surface area contributed by atoms with E-state index in [-0.39, 0.29) is 0 Å². The molecule has 1 nitrogen and oxygen atoms in total. The molecule has 0 aliphatic rings. The van der Waals surface area contributed by atoms with Crippen LogP contribution in [0.1, 0.15) is 0 Å². The van der Waals surface area contributed by atoms with E-state index in [9.17, 15) is 17.6 Å². The first kappa shape index (κ1) is 8.53. The smallest absolute Gasteiger partial charge is 0.228 e. The first-order chi connectivity index (χ1) is 5.57. The highest BCUT2D eigenvalue weighted by atomic mass is 19.2. The van der Waals surface area contributed by atoms with Gasteiger partial charge in [-0.25, -0.2) is 22.4 Å². The number of nitrogens with zero attached hydrogens (tertiary/aromatic N) is 1. The fourth-order valence-corrected chi connectivity index (χ4v) is 0.642. The summed E-state index contributed by atoms with van der Waals surface area (Å²) in [6.45, 7) is 6.28. The zero-order valence-electron chi connectivity index (χ0n) is 5.54. The van der Waals surface area contributed by atoms with Crippen LogP contribution in [0.3, 0.4) is 0 Å². The minimum atomic E-state index is -1.96. The molecule has 0 heterocycles. The molecule has 0 aliphatic heterocycles. The quantitative estimate of drug-likeness (QED) is 0.247. The molecule has 0 fully saturated rings. The predicted octanol–water partition coefficient (Wildman–Crippen LogP) is 2.79. The third-order valence-electron chi connectivity index (χ3n) is 1.20. The van der Waals surface area contributed by atoms with Gasteiger partial charge in [0.05, 0.1) is 6.57 Å². The van der Waals surface area contributed by atoms with Gasteiger partial charge in [0.1, 0.15) is 0 Å². The van der Waals surface area contributed by atoms with Crippen molar-refractivity contribution in [1.82, 2.24) is 0 Å². The standard InChI is InChI=1S/C7HF4N/c1-12-4-2-3(8)5(9)7(11)6(4)10/h2H. The van der Waals surface area contributed by atoms with Gasteiger partial charge in [-0.1, -0.05) is 0 Å². The van der Waals surface area contributed by atoms with Crippen molar-refractivity contribution in [2.24, 2.45) is 0 Å². The summed E-state index contributed by atoms with van der Waals surface area (Å²) < 4.78 is 49.3. The van der Waals surface area contributed by atoms with Crippen LogP contribution in [-0.2, 0) is 0 Å². The number of hydrogen-bond acceptors (Lipinski definition) is 0. The van der Waals surface area contributed by atoms with Gasteiger partial charge in [-0.05, 0) is 6.07 Å². The molecule has 0 unspecified atom stereocenters. The van der Waals surface area contributed by atoms with Crippen molar-refractivity contribution in [2.75, 3.05) is 0 Å². The SMILES string of the molecule is [C-]#[N+]c1cc(F)c(F)c(F)c1F. The van der Waals surface area contributed by atoms with Gasteiger partial charge in [0, 0.05) is 0 Å². The van der Waals surface area contributed by atoms with Crippen molar-refractivity contribution in [1.29, 1.82) is 0 Å². The second-order valence-corrected chi connectivity index (χ2v) is 1.93. The Balaban J connectivity index is 3.52. The molecule has 1 rings (SSSR count). The number of benzene rings is 1. The average Bonchev–Trinajstić information content (AvgIpc) is 2.08.